The number of benzene rings is 1. The first kappa shape index (κ1) is 15.7. The molecule has 0 saturated carbocycles. The standard InChI is InChI=1S/C14H18ClN3O3/c1-14(6-3-7-16-8-14)9-17-13(19)12-10(15)4-2-5-11(12)18(20)21/h2,4-5,16H,3,6-9H2,1H3,(H,17,19). The highest BCUT2D eigenvalue weighted by Crippen LogP contribution is 2.27. The van der Waals surface area contributed by atoms with Crippen molar-refractivity contribution in [2.24, 2.45) is 5.41 Å². The summed E-state index contributed by atoms with van der Waals surface area (Å²) in [7, 11) is 0. The van der Waals surface area contributed by atoms with E-state index in [1.54, 1.807) is 0 Å². The van der Waals surface area contributed by atoms with Crippen molar-refractivity contribution in [3.05, 3.63) is 38.9 Å². The number of carbonyl (C=O) groups excluding carboxylic acids is 1. The maximum absolute atomic E-state index is 12.3. The fourth-order valence-electron chi connectivity index (χ4n) is 2.54. The molecule has 7 heteroatoms. The molecule has 1 heterocycles. The molecule has 1 aliphatic rings. The Labute approximate surface area is 128 Å². The Morgan fingerprint density at radius 3 is 2.95 bits per heavy atom. The first-order valence-electron chi connectivity index (χ1n) is 6.85. The first-order valence-corrected chi connectivity index (χ1v) is 7.23. The summed E-state index contributed by atoms with van der Waals surface area (Å²) in [6.45, 7) is 4.35. The number of nitrogens with one attached hydrogen (secondary N) is 2. The number of halogens is 1. The van der Waals surface area contributed by atoms with Gasteiger partial charge in [0.05, 0.1) is 9.95 Å². The summed E-state index contributed by atoms with van der Waals surface area (Å²) in [6, 6.07) is 4.22. The average Bonchev–Trinajstić information content (AvgIpc) is 2.45. The summed E-state index contributed by atoms with van der Waals surface area (Å²) < 4.78 is 0. The molecule has 1 atom stereocenters. The zero-order chi connectivity index (χ0) is 15.5. The zero-order valence-electron chi connectivity index (χ0n) is 11.8. The average molecular weight is 312 g/mol. The predicted molar refractivity (Wildman–Crippen MR) is 80.7 cm³/mol. The van der Waals surface area contributed by atoms with Crippen LogP contribution in [0.2, 0.25) is 5.02 Å². The fraction of sp³-hybridized carbons (Fsp3) is 0.500. The van der Waals surface area contributed by atoms with Gasteiger partial charge in [0.15, 0.2) is 0 Å². The van der Waals surface area contributed by atoms with E-state index in [0.717, 1.165) is 25.9 Å². The van der Waals surface area contributed by atoms with E-state index in [-0.39, 0.29) is 21.7 Å². The highest BCUT2D eigenvalue weighted by atomic mass is 35.5. The summed E-state index contributed by atoms with van der Waals surface area (Å²) >= 11 is 5.95. The van der Waals surface area contributed by atoms with Gasteiger partial charge >= 0.3 is 0 Å². The van der Waals surface area contributed by atoms with Gasteiger partial charge < -0.3 is 10.6 Å². The van der Waals surface area contributed by atoms with E-state index in [0.29, 0.717) is 6.54 Å². The molecule has 1 fully saturated rings. The van der Waals surface area contributed by atoms with Crippen LogP contribution in [-0.2, 0) is 0 Å². The maximum Gasteiger partial charge on any atom is 0.283 e. The lowest BCUT2D eigenvalue weighted by Crippen LogP contribution is -2.45. The summed E-state index contributed by atoms with van der Waals surface area (Å²) in [4.78, 5) is 22.7. The van der Waals surface area contributed by atoms with Gasteiger partial charge in [-0.25, -0.2) is 0 Å². The van der Waals surface area contributed by atoms with Gasteiger partial charge in [-0.3, -0.25) is 14.9 Å². The highest BCUT2D eigenvalue weighted by molar-refractivity contribution is 6.34. The second-order valence-corrected chi connectivity index (χ2v) is 6.07. The Bertz CT molecular complexity index is 556. The Kier molecular flexibility index (Phi) is 4.80. The number of piperidine rings is 1. The monoisotopic (exact) mass is 311 g/mol. The molecule has 1 saturated heterocycles. The SMILES string of the molecule is CC1(CNC(=O)c2c(Cl)cccc2[N+](=O)[O-])CCCNC1. The van der Waals surface area contributed by atoms with E-state index in [9.17, 15) is 14.9 Å². The number of carbonyl (C=O) groups is 1. The van der Waals surface area contributed by atoms with Crippen LogP contribution in [0, 0.1) is 15.5 Å². The minimum Gasteiger partial charge on any atom is -0.351 e. The van der Waals surface area contributed by atoms with E-state index in [4.69, 9.17) is 11.6 Å². The molecule has 1 amide bonds. The first-order chi connectivity index (χ1) is 9.93. The molecule has 2 rings (SSSR count). The number of rotatable bonds is 4. The van der Waals surface area contributed by atoms with E-state index < -0.39 is 10.8 Å². The quantitative estimate of drug-likeness (QED) is 0.660. The molecule has 1 aliphatic heterocycles. The molecule has 2 N–H and O–H groups in total. The van der Waals surface area contributed by atoms with Crippen LogP contribution in [0.4, 0.5) is 5.69 Å². The minimum absolute atomic E-state index is 0.0378. The number of hydrogen-bond acceptors (Lipinski definition) is 4. The maximum atomic E-state index is 12.3. The topological polar surface area (TPSA) is 84.3 Å². The van der Waals surface area contributed by atoms with Gasteiger partial charge in [-0.05, 0) is 30.9 Å². The van der Waals surface area contributed by atoms with Gasteiger partial charge in [-0.1, -0.05) is 24.6 Å². The summed E-state index contributed by atoms with van der Waals surface area (Å²) in [5.74, 6) is -0.501. The molecule has 0 bridgehead atoms. The van der Waals surface area contributed by atoms with Crippen molar-refractivity contribution in [3.8, 4) is 0 Å². The number of hydrogen-bond donors (Lipinski definition) is 2. The summed E-state index contributed by atoms with van der Waals surface area (Å²) in [5, 5.41) is 17.2. The smallest absolute Gasteiger partial charge is 0.283 e. The Balaban J connectivity index is 2.12. The third-order valence-electron chi connectivity index (χ3n) is 3.78. The largest absolute Gasteiger partial charge is 0.351 e. The lowest BCUT2D eigenvalue weighted by Gasteiger charge is -2.34. The van der Waals surface area contributed by atoms with Crippen molar-refractivity contribution >= 4 is 23.2 Å². The number of nitrogens with zero attached hydrogens (tertiary/aromatic N) is 1. The molecule has 1 aromatic carbocycles. The van der Waals surface area contributed by atoms with Crippen molar-refractivity contribution in [1.82, 2.24) is 10.6 Å². The number of nitro groups is 1. The van der Waals surface area contributed by atoms with Gasteiger partial charge in [0.25, 0.3) is 11.6 Å². The van der Waals surface area contributed by atoms with E-state index in [1.807, 2.05) is 0 Å². The van der Waals surface area contributed by atoms with Gasteiger partial charge in [0.2, 0.25) is 0 Å². The number of nitro benzene ring substituents is 1. The van der Waals surface area contributed by atoms with Crippen LogP contribution >= 0.6 is 11.6 Å². The molecule has 1 aromatic rings. The fourth-order valence-corrected chi connectivity index (χ4v) is 2.80. The molecule has 21 heavy (non-hydrogen) atoms. The van der Waals surface area contributed by atoms with Crippen molar-refractivity contribution in [2.75, 3.05) is 19.6 Å². The van der Waals surface area contributed by atoms with Gasteiger partial charge in [-0.15, -0.1) is 0 Å². The highest BCUT2D eigenvalue weighted by Gasteiger charge is 2.29. The van der Waals surface area contributed by atoms with E-state index >= 15 is 0 Å². The van der Waals surface area contributed by atoms with Gasteiger partial charge in [-0.2, -0.15) is 0 Å². The van der Waals surface area contributed by atoms with Gasteiger partial charge in [0.1, 0.15) is 5.56 Å². The van der Waals surface area contributed by atoms with Crippen LogP contribution in [0.1, 0.15) is 30.1 Å². The summed E-state index contributed by atoms with van der Waals surface area (Å²) in [5.41, 5.74) is -0.382. The Hall–Kier alpha value is -1.66. The molecule has 114 valence electrons. The van der Waals surface area contributed by atoms with Crippen LogP contribution in [0.15, 0.2) is 18.2 Å². The number of amides is 1. The normalized spacial score (nSPS) is 21.8. The van der Waals surface area contributed by atoms with Crippen LogP contribution in [-0.4, -0.2) is 30.5 Å². The lowest BCUT2D eigenvalue weighted by atomic mass is 9.83. The molecular formula is C14H18ClN3O3. The van der Waals surface area contributed by atoms with Crippen LogP contribution in [0.25, 0.3) is 0 Å². The zero-order valence-corrected chi connectivity index (χ0v) is 12.6. The third-order valence-corrected chi connectivity index (χ3v) is 4.09. The van der Waals surface area contributed by atoms with Crippen molar-refractivity contribution in [1.29, 1.82) is 0 Å². The molecule has 0 spiro atoms. The molecular weight excluding hydrogens is 294 g/mol. The molecule has 0 aromatic heterocycles. The second kappa shape index (κ2) is 6.41. The van der Waals surface area contributed by atoms with Crippen molar-refractivity contribution in [3.63, 3.8) is 0 Å². The molecule has 0 aliphatic carbocycles. The van der Waals surface area contributed by atoms with Crippen LogP contribution in [0.5, 0.6) is 0 Å². The van der Waals surface area contributed by atoms with Gasteiger partial charge in [0, 0.05) is 19.2 Å². The van der Waals surface area contributed by atoms with Crippen LogP contribution < -0.4 is 10.6 Å². The predicted octanol–water partition coefficient (Wildman–Crippen LogP) is 2.37. The lowest BCUT2D eigenvalue weighted by molar-refractivity contribution is -0.385. The minimum atomic E-state index is -0.593. The molecule has 1 unspecified atom stereocenters. The Morgan fingerprint density at radius 2 is 2.33 bits per heavy atom. The molecule has 0 radical (unpaired) electrons. The van der Waals surface area contributed by atoms with E-state index in [1.165, 1.54) is 18.2 Å². The summed E-state index contributed by atoms with van der Waals surface area (Å²) in [6.07, 6.45) is 2.06. The Morgan fingerprint density at radius 1 is 1.57 bits per heavy atom. The van der Waals surface area contributed by atoms with Crippen molar-refractivity contribution < 1.29 is 9.72 Å². The molecule has 6 nitrogen and oxygen atoms in total. The van der Waals surface area contributed by atoms with Crippen LogP contribution in [0.3, 0.4) is 0 Å². The second-order valence-electron chi connectivity index (χ2n) is 5.66. The third kappa shape index (κ3) is 3.71. The van der Waals surface area contributed by atoms with E-state index in [2.05, 4.69) is 17.6 Å². The van der Waals surface area contributed by atoms with Crippen molar-refractivity contribution in [2.45, 2.75) is 19.8 Å².